The van der Waals surface area contributed by atoms with Gasteiger partial charge in [0.05, 0.1) is 18.8 Å². The highest BCUT2D eigenvalue weighted by molar-refractivity contribution is 7.95. The molecule has 1 aromatic carbocycles. The van der Waals surface area contributed by atoms with Crippen LogP contribution < -0.4 is 9.62 Å². The number of carbonyl (C=O) groups is 1. The van der Waals surface area contributed by atoms with Crippen LogP contribution in [0.25, 0.3) is 4.85 Å². The number of sulfonamides is 1. The van der Waals surface area contributed by atoms with E-state index in [1.165, 1.54) is 19.2 Å². The average Bonchev–Trinajstić information content (AvgIpc) is 3.31. The highest BCUT2D eigenvalue weighted by Gasteiger charge is 2.75. The van der Waals surface area contributed by atoms with Gasteiger partial charge in [0, 0.05) is 30.8 Å². The molecule has 4 atom stereocenters. The van der Waals surface area contributed by atoms with E-state index >= 15 is 0 Å². The van der Waals surface area contributed by atoms with Crippen LogP contribution in [0, 0.1) is 12.5 Å². The number of amides is 1. The number of rotatable bonds is 3. The van der Waals surface area contributed by atoms with Crippen molar-refractivity contribution < 1.29 is 26.7 Å². The Balaban J connectivity index is 1.85. The zero-order valence-electron chi connectivity index (χ0n) is 14.4. The third-order valence-electron chi connectivity index (χ3n) is 5.85. The first-order valence-electron chi connectivity index (χ1n) is 8.48. The van der Waals surface area contributed by atoms with E-state index in [0.717, 1.165) is 10.4 Å². The molecule has 27 heavy (non-hydrogen) atoms. The quantitative estimate of drug-likeness (QED) is 0.791. The minimum atomic E-state index is -4.21. The molecule has 3 fully saturated rings. The van der Waals surface area contributed by atoms with Gasteiger partial charge in [-0.2, -0.15) is 0 Å². The summed E-state index contributed by atoms with van der Waals surface area (Å²) in [6.45, 7) is 6.99. The zero-order chi connectivity index (χ0) is 19.6. The standard InChI is InChI=1S/C17H17F2N3O4S/c1-20-12-4-3-9(7-10(12)15(18)19)22-8-11-13-5-6-14(26-13)17(11,16(23)21-2)27(22,24)25/h3-4,7,11,13-15H,5-6,8H2,2H3,(H,21,23)/t11-,13+,14-,17-/m1/s1. The predicted octanol–water partition coefficient (Wildman–Crippen LogP) is 1.99. The Morgan fingerprint density at radius 2 is 2.19 bits per heavy atom. The minimum absolute atomic E-state index is 0.0169. The van der Waals surface area contributed by atoms with Gasteiger partial charge < -0.3 is 10.1 Å². The third-order valence-corrected chi connectivity index (χ3v) is 8.39. The van der Waals surface area contributed by atoms with Crippen molar-refractivity contribution in [1.29, 1.82) is 0 Å². The smallest absolute Gasteiger partial charge is 0.255 e. The minimum Gasteiger partial charge on any atom is -0.372 e. The van der Waals surface area contributed by atoms with Crippen molar-refractivity contribution in [3.8, 4) is 0 Å². The van der Waals surface area contributed by atoms with Gasteiger partial charge in [0.25, 0.3) is 16.4 Å². The molecule has 1 N–H and O–H groups in total. The maximum Gasteiger partial charge on any atom is 0.255 e. The number of hydrogen-bond acceptors (Lipinski definition) is 4. The number of halogens is 2. The van der Waals surface area contributed by atoms with Crippen LogP contribution in [0.5, 0.6) is 0 Å². The number of nitrogens with zero attached hydrogens (tertiary/aromatic N) is 2. The van der Waals surface area contributed by atoms with Gasteiger partial charge in [-0.15, -0.1) is 0 Å². The normalized spacial score (nSPS) is 33.1. The van der Waals surface area contributed by atoms with E-state index < -0.39 is 44.7 Å². The molecular weight excluding hydrogens is 380 g/mol. The lowest BCUT2D eigenvalue weighted by Crippen LogP contribution is -2.60. The SMILES string of the molecule is [C-]#[N+]c1ccc(N2C[C@@H]3[C@@H]4CC[C@@H](O4)[C@]3(C(=O)NC)S2(=O)=O)cc1C(F)F. The van der Waals surface area contributed by atoms with E-state index in [1.807, 2.05) is 0 Å². The number of nitrogens with one attached hydrogen (secondary N) is 1. The third kappa shape index (κ3) is 2.12. The van der Waals surface area contributed by atoms with Crippen LogP contribution >= 0.6 is 0 Å². The van der Waals surface area contributed by atoms with Crippen molar-refractivity contribution in [2.45, 2.75) is 36.2 Å². The highest BCUT2D eigenvalue weighted by Crippen LogP contribution is 2.56. The van der Waals surface area contributed by atoms with Crippen molar-refractivity contribution in [2.24, 2.45) is 5.92 Å². The Labute approximate surface area is 155 Å². The van der Waals surface area contributed by atoms with Crippen LogP contribution in [-0.4, -0.2) is 44.9 Å². The van der Waals surface area contributed by atoms with Crippen molar-refractivity contribution in [3.05, 3.63) is 35.2 Å². The lowest BCUT2D eigenvalue weighted by atomic mass is 9.78. The summed E-state index contributed by atoms with van der Waals surface area (Å²) < 4.78 is 58.6. The molecule has 10 heteroatoms. The van der Waals surface area contributed by atoms with Crippen molar-refractivity contribution in [3.63, 3.8) is 0 Å². The summed E-state index contributed by atoms with van der Waals surface area (Å²) in [6, 6.07) is 3.54. The molecule has 4 rings (SSSR count). The van der Waals surface area contributed by atoms with Gasteiger partial charge >= 0.3 is 0 Å². The molecule has 3 aliphatic rings. The molecule has 3 heterocycles. The Morgan fingerprint density at radius 1 is 1.44 bits per heavy atom. The van der Waals surface area contributed by atoms with E-state index in [0.29, 0.717) is 12.8 Å². The predicted molar refractivity (Wildman–Crippen MR) is 92.1 cm³/mol. The number of benzene rings is 1. The molecule has 1 amide bonds. The van der Waals surface area contributed by atoms with Gasteiger partial charge in [-0.3, -0.25) is 9.10 Å². The topological polar surface area (TPSA) is 80.1 Å². The van der Waals surface area contributed by atoms with E-state index in [4.69, 9.17) is 11.3 Å². The molecule has 0 unspecified atom stereocenters. The first kappa shape index (κ1) is 18.1. The van der Waals surface area contributed by atoms with Crippen LogP contribution in [0.4, 0.5) is 20.2 Å². The molecule has 0 radical (unpaired) electrons. The summed E-state index contributed by atoms with van der Waals surface area (Å²) in [5.74, 6) is -1.20. The first-order valence-corrected chi connectivity index (χ1v) is 9.92. The Bertz CT molecular complexity index is 961. The molecule has 144 valence electrons. The fraction of sp³-hybridized carbons (Fsp3) is 0.529. The summed E-state index contributed by atoms with van der Waals surface area (Å²) in [4.78, 5) is 15.8. The Kier molecular flexibility index (Phi) is 3.94. The number of alkyl halides is 2. The van der Waals surface area contributed by atoms with Crippen molar-refractivity contribution >= 4 is 27.3 Å². The van der Waals surface area contributed by atoms with Crippen LogP contribution in [-0.2, 0) is 19.6 Å². The van der Waals surface area contributed by atoms with Crippen LogP contribution in [0.2, 0.25) is 0 Å². The second-order valence-corrected chi connectivity index (χ2v) is 8.98. The molecular formula is C17H17F2N3O4S. The van der Waals surface area contributed by atoms with Gasteiger partial charge in [-0.05, 0) is 25.0 Å². The Morgan fingerprint density at radius 3 is 2.81 bits per heavy atom. The van der Waals surface area contributed by atoms with Gasteiger partial charge in [0.1, 0.15) is 0 Å². The monoisotopic (exact) mass is 397 g/mol. The highest BCUT2D eigenvalue weighted by atomic mass is 32.2. The van der Waals surface area contributed by atoms with Crippen molar-refractivity contribution in [2.75, 3.05) is 17.9 Å². The van der Waals surface area contributed by atoms with Gasteiger partial charge in [-0.25, -0.2) is 22.0 Å². The molecule has 0 aliphatic carbocycles. The van der Waals surface area contributed by atoms with Gasteiger partial charge in [0.15, 0.2) is 5.69 Å². The molecule has 0 aromatic heterocycles. The van der Waals surface area contributed by atoms with Crippen LogP contribution in [0.3, 0.4) is 0 Å². The largest absolute Gasteiger partial charge is 0.372 e. The number of anilines is 1. The second kappa shape index (κ2) is 5.87. The van der Waals surface area contributed by atoms with Crippen molar-refractivity contribution in [1.82, 2.24) is 5.32 Å². The van der Waals surface area contributed by atoms with Crippen LogP contribution in [0.1, 0.15) is 24.8 Å². The molecule has 0 spiro atoms. The van der Waals surface area contributed by atoms with Gasteiger partial charge in [0.2, 0.25) is 10.7 Å². The number of ether oxygens (including phenoxy) is 1. The summed E-state index contributed by atoms with van der Waals surface area (Å²) >= 11 is 0. The maximum atomic E-state index is 13.5. The molecule has 2 bridgehead atoms. The molecule has 3 aliphatic heterocycles. The van der Waals surface area contributed by atoms with E-state index in [2.05, 4.69) is 10.2 Å². The van der Waals surface area contributed by atoms with E-state index in [-0.39, 0.29) is 24.0 Å². The van der Waals surface area contributed by atoms with E-state index in [9.17, 15) is 22.0 Å². The van der Waals surface area contributed by atoms with Crippen LogP contribution in [0.15, 0.2) is 18.2 Å². The summed E-state index contributed by atoms with van der Waals surface area (Å²) in [5.41, 5.74) is -0.715. The molecule has 3 saturated heterocycles. The molecule has 0 saturated carbocycles. The molecule has 7 nitrogen and oxygen atoms in total. The summed E-state index contributed by atoms with van der Waals surface area (Å²) in [7, 11) is -2.84. The first-order chi connectivity index (χ1) is 12.8. The zero-order valence-corrected chi connectivity index (χ0v) is 15.2. The number of carbonyl (C=O) groups excluding carboxylic acids is 1. The molecule has 1 aromatic rings. The lowest BCUT2D eigenvalue weighted by molar-refractivity contribution is -0.125. The Hall–Kier alpha value is -2.25. The van der Waals surface area contributed by atoms with Gasteiger partial charge in [-0.1, -0.05) is 6.07 Å². The lowest BCUT2D eigenvalue weighted by Gasteiger charge is -2.32. The summed E-state index contributed by atoms with van der Waals surface area (Å²) in [6.07, 6.45) is -2.90. The maximum absolute atomic E-state index is 13.5. The average molecular weight is 397 g/mol. The fourth-order valence-corrected chi connectivity index (χ4v) is 7.27. The number of hydrogen-bond donors (Lipinski definition) is 1. The van der Waals surface area contributed by atoms with E-state index in [1.54, 1.807) is 0 Å². The number of fused-ring (bicyclic) bond motifs is 5. The summed E-state index contributed by atoms with van der Waals surface area (Å²) in [5, 5.41) is 2.44. The fourth-order valence-electron chi connectivity index (χ4n) is 4.70. The second-order valence-electron chi connectivity index (χ2n) is 6.91.